The van der Waals surface area contributed by atoms with Gasteiger partial charge in [-0.3, -0.25) is 9.59 Å². The highest BCUT2D eigenvalue weighted by Gasteiger charge is 2.39. The first-order valence-electron chi connectivity index (χ1n) is 7.32. The summed E-state index contributed by atoms with van der Waals surface area (Å²) >= 11 is 1.65. The van der Waals surface area contributed by atoms with Gasteiger partial charge in [0.05, 0.1) is 5.75 Å². The molecule has 0 spiro atoms. The minimum atomic E-state index is -0.195. The lowest BCUT2D eigenvalue weighted by Crippen LogP contribution is -2.31. The molecule has 1 aromatic heterocycles. The summed E-state index contributed by atoms with van der Waals surface area (Å²) in [6.07, 6.45) is 4.81. The zero-order chi connectivity index (χ0) is 14.8. The van der Waals surface area contributed by atoms with E-state index >= 15 is 0 Å². The first kappa shape index (κ1) is 14.5. The standard InChI is InChI=1S/C15H20N2O3S/c1-21-9-12-4-5-13(20-12)15(19)16-7-10-6-14(18)17(8-10)11-2-3-11/h4-5,10-11H,2-3,6-9H2,1H3,(H,16,19)/t10-/m0/s1. The maximum Gasteiger partial charge on any atom is 0.287 e. The second-order valence-corrected chi connectivity index (χ2v) is 6.62. The SMILES string of the molecule is CSCc1ccc(C(=O)NC[C@@H]2CC(=O)N(C3CC3)C2)o1. The summed E-state index contributed by atoms with van der Waals surface area (Å²) in [5.41, 5.74) is 0. The molecule has 2 fully saturated rings. The highest BCUT2D eigenvalue weighted by Crippen LogP contribution is 2.32. The molecule has 0 radical (unpaired) electrons. The molecular formula is C15H20N2O3S. The minimum absolute atomic E-state index is 0.195. The van der Waals surface area contributed by atoms with Crippen LogP contribution in [0.25, 0.3) is 0 Å². The molecule has 1 aromatic rings. The number of likely N-dealkylation sites (tertiary alicyclic amines) is 1. The zero-order valence-corrected chi connectivity index (χ0v) is 12.9. The number of rotatable bonds is 6. The van der Waals surface area contributed by atoms with Crippen LogP contribution < -0.4 is 5.32 Å². The summed E-state index contributed by atoms with van der Waals surface area (Å²) in [5, 5.41) is 2.88. The van der Waals surface area contributed by atoms with E-state index in [2.05, 4.69) is 5.32 Å². The molecule has 0 aromatic carbocycles. The molecule has 0 bridgehead atoms. The first-order chi connectivity index (χ1) is 10.2. The predicted octanol–water partition coefficient (Wildman–Crippen LogP) is 1.88. The number of amides is 2. The fourth-order valence-electron chi connectivity index (χ4n) is 2.73. The van der Waals surface area contributed by atoms with Gasteiger partial charge in [-0.1, -0.05) is 0 Å². The maximum atomic E-state index is 12.0. The molecule has 3 rings (SSSR count). The molecule has 6 heteroatoms. The van der Waals surface area contributed by atoms with Gasteiger partial charge in [0, 0.05) is 31.5 Å². The molecule has 114 valence electrons. The Morgan fingerprint density at radius 2 is 2.29 bits per heavy atom. The van der Waals surface area contributed by atoms with Crippen LogP contribution in [0.3, 0.4) is 0 Å². The summed E-state index contributed by atoms with van der Waals surface area (Å²) in [6, 6.07) is 4.01. The monoisotopic (exact) mass is 308 g/mol. The fraction of sp³-hybridized carbons (Fsp3) is 0.600. The zero-order valence-electron chi connectivity index (χ0n) is 12.1. The molecule has 2 aliphatic rings. The van der Waals surface area contributed by atoms with Gasteiger partial charge < -0.3 is 14.6 Å². The molecule has 1 aliphatic carbocycles. The lowest BCUT2D eigenvalue weighted by molar-refractivity contribution is -0.128. The predicted molar refractivity (Wildman–Crippen MR) is 81.1 cm³/mol. The summed E-state index contributed by atoms with van der Waals surface area (Å²) < 4.78 is 5.48. The number of nitrogens with one attached hydrogen (secondary N) is 1. The number of carbonyl (C=O) groups excluding carboxylic acids is 2. The van der Waals surface area contributed by atoms with Crippen molar-refractivity contribution in [1.82, 2.24) is 10.2 Å². The lowest BCUT2D eigenvalue weighted by atomic mass is 10.1. The fourth-order valence-corrected chi connectivity index (χ4v) is 3.17. The molecule has 1 aliphatic heterocycles. The van der Waals surface area contributed by atoms with Crippen molar-refractivity contribution < 1.29 is 14.0 Å². The highest BCUT2D eigenvalue weighted by molar-refractivity contribution is 7.97. The van der Waals surface area contributed by atoms with Crippen molar-refractivity contribution >= 4 is 23.6 Å². The van der Waals surface area contributed by atoms with Crippen molar-refractivity contribution in [2.75, 3.05) is 19.3 Å². The Labute approximate surface area is 128 Å². The van der Waals surface area contributed by atoms with Crippen LogP contribution in [0.15, 0.2) is 16.5 Å². The van der Waals surface area contributed by atoms with Gasteiger partial charge in [0.2, 0.25) is 5.91 Å². The van der Waals surface area contributed by atoms with Gasteiger partial charge in [-0.15, -0.1) is 0 Å². The number of nitrogens with zero attached hydrogens (tertiary/aromatic N) is 1. The molecule has 21 heavy (non-hydrogen) atoms. The third kappa shape index (κ3) is 3.43. The molecular weight excluding hydrogens is 288 g/mol. The van der Waals surface area contributed by atoms with E-state index in [1.807, 2.05) is 17.2 Å². The maximum absolute atomic E-state index is 12.0. The van der Waals surface area contributed by atoms with Crippen LogP contribution in [0.1, 0.15) is 35.6 Å². The molecule has 1 saturated carbocycles. The Morgan fingerprint density at radius 1 is 1.48 bits per heavy atom. The van der Waals surface area contributed by atoms with Gasteiger partial charge in [0.1, 0.15) is 5.76 Å². The topological polar surface area (TPSA) is 62.6 Å². The van der Waals surface area contributed by atoms with Crippen molar-refractivity contribution in [1.29, 1.82) is 0 Å². The van der Waals surface area contributed by atoms with Crippen molar-refractivity contribution in [3.8, 4) is 0 Å². The van der Waals surface area contributed by atoms with Crippen LogP contribution in [0.4, 0.5) is 0 Å². The number of furan rings is 1. The average molecular weight is 308 g/mol. The van der Waals surface area contributed by atoms with Crippen molar-refractivity contribution in [3.63, 3.8) is 0 Å². The quantitative estimate of drug-likeness (QED) is 0.871. The largest absolute Gasteiger partial charge is 0.455 e. The van der Waals surface area contributed by atoms with Crippen molar-refractivity contribution in [2.24, 2.45) is 5.92 Å². The number of hydrogen-bond donors (Lipinski definition) is 1. The Morgan fingerprint density at radius 3 is 3.00 bits per heavy atom. The second kappa shape index (κ2) is 6.13. The molecule has 1 saturated heterocycles. The van der Waals surface area contributed by atoms with E-state index in [1.165, 1.54) is 0 Å². The van der Waals surface area contributed by atoms with Gasteiger partial charge in [-0.05, 0) is 31.2 Å². The van der Waals surface area contributed by atoms with E-state index < -0.39 is 0 Å². The van der Waals surface area contributed by atoms with E-state index in [1.54, 1.807) is 17.8 Å². The summed E-state index contributed by atoms with van der Waals surface area (Å²) in [5.74, 6) is 2.19. The van der Waals surface area contributed by atoms with E-state index in [4.69, 9.17) is 4.42 Å². The highest BCUT2D eigenvalue weighted by atomic mass is 32.2. The summed E-state index contributed by atoms with van der Waals surface area (Å²) in [6.45, 7) is 1.31. The third-order valence-corrected chi connectivity index (χ3v) is 4.52. The van der Waals surface area contributed by atoms with Crippen LogP contribution in [0, 0.1) is 5.92 Å². The smallest absolute Gasteiger partial charge is 0.287 e. The van der Waals surface area contributed by atoms with Gasteiger partial charge in [-0.25, -0.2) is 0 Å². The van der Waals surface area contributed by atoms with Crippen LogP contribution in [-0.2, 0) is 10.5 Å². The van der Waals surface area contributed by atoms with Gasteiger partial charge in [0.15, 0.2) is 5.76 Å². The van der Waals surface area contributed by atoms with Crippen LogP contribution in [0.5, 0.6) is 0 Å². The molecule has 2 amide bonds. The Kier molecular flexibility index (Phi) is 4.24. The normalized spacial score (nSPS) is 21.9. The molecule has 1 atom stereocenters. The van der Waals surface area contributed by atoms with Gasteiger partial charge in [-0.2, -0.15) is 11.8 Å². The Hall–Kier alpha value is -1.43. The second-order valence-electron chi connectivity index (χ2n) is 5.76. The number of carbonyl (C=O) groups is 2. The molecule has 1 N–H and O–H groups in total. The van der Waals surface area contributed by atoms with Crippen molar-refractivity contribution in [2.45, 2.75) is 31.1 Å². The van der Waals surface area contributed by atoms with Crippen LogP contribution in [0.2, 0.25) is 0 Å². The lowest BCUT2D eigenvalue weighted by Gasteiger charge is -2.15. The minimum Gasteiger partial charge on any atom is -0.455 e. The summed E-state index contributed by atoms with van der Waals surface area (Å²) in [7, 11) is 0. The van der Waals surface area contributed by atoms with E-state index in [9.17, 15) is 9.59 Å². The van der Waals surface area contributed by atoms with Gasteiger partial charge >= 0.3 is 0 Å². The first-order valence-corrected chi connectivity index (χ1v) is 8.72. The van der Waals surface area contributed by atoms with Crippen LogP contribution >= 0.6 is 11.8 Å². The number of hydrogen-bond acceptors (Lipinski definition) is 4. The molecule has 5 nitrogen and oxygen atoms in total. The van der Waals surface area contributed by atoms with Crippen molar-refractivity contribution in [3.05, 3.63) is 23.7 Å². The third-order valence-electron chi connectivity index (χ3n) is 3.95. The van der Waals surface area contributed by atoms with Crippen LogP contribution in [-0.4, -0.2) is 42.1 Å². The van der Waals surface area contributed by atoms with E-state index in [0.717, 1.165) is 30.9 Å². The van der Waals surface area contributed by atoms with E-state index in [0.29, 0.717) is 24.8 Å². The molecule has 0 unspecified atom stereocenters. The summed E-state index contributed by atoms with van der Waals surface area (Å²) in [4.78, 5) is 25.8. The number of thioether (sulfide) groups is 1. The van der Waals surface area contributed by atoms with E-state index in [-0.39, 0.29) is 17.7 Å². The average Bonchev–Trinajstić information content (AvgIpc) is 3.08. The Balaban J connectivity index is 1.48. The van der Waals surface area contributed by atoms with Gasteiger partial charge in [0.25, 0.3) is 5.91 Å². The molecule has 2 heterocycles. The Bertz CT molecular complexity index is 539.